The first-order valence-electron chi connectivity index (χ1n) is 9.28. The Labute approximate surface area is 160 Å². The maximum Gasteiger partial charge on any atom is 0.247 e. The van der Waals surface area contributed by atoms with Crippen molar-refractivity contribution in [2.75, 3.05) is 18.4 Å². The topological polar surface area (TPSA) is 84.3 Å². The van der Waals surface area contributed by atoms with Crippen LogP contribution >= 0.6 is 0 Å². The molecule has 0 spiro atoms. The number of rotatable bonds is 5. The average Bonchev–Trinajstić information content (AvgIpc) is 3.03. The highest BCUT2D eigenvalue weighted by atomic mass is 32.2. The summed E-state index contributed by atoms with van der Waals surface area (Å²) in [6, 6.07) is 4.59. The molecule has 3 rings (SSSR count). The van der Waals surface area contributed by atoms with Crippen LogP contribution in [0.3, 0.4) is 0 Å². The number of carbonyl (C=O) groups excluding carboxylic acids is 1. The lowest BCUT2D eigenvalue weighted by Gasteiger charge is -2.22. The molecule has 1 amide bonds. The van der Waals surface area contributed by atoms with Gasteiger partial charge in [0.15, 0.2) is 0 Å². The summed E-state index contributed by atoms with van der Waals surface area (Å²) in [6.07, 6.45) is 8.81. The number of nitrogens with one attached hydrogen (secondary N) is 1. The van der Waals surface area contributed by atoms with Crippen LogP contribution in [-0.4, -0.2) is 41.3 Å². The van der Waals surface area contributed by atoms with Gasteiger partial charge in [-0.15, -0.1) is 0 Å². The Kier molecular flexibility index (Phi) is 5.96. The number of anilines is 1. The Morgan fingerprint density at radius 2 is 1.89 bits per heavy atom. The zero-order valence-electron chi connectivity index (χ0n) is 15.8. The summed E-state index contributed by atoms with van der Waals surface area (Å²) >= 11 is 0. The maximum absolute atomic E-state index is 13.1. The van der Waals surface area contributed by atoms with E-state index in [1.54, 1.807) is 59.6 Å². The van der Waals surface area contributed by atoms with Gasteiger partial charge in [-0.3, -0.25) is 4.79 Å². The molecule has 1 aromatic carbocycles. The molecule has 1 unspecified atom stereocenters. The van der Waals surface area contributed by atoms with Crippen LogP contribution in [0.1, 0.15) is 44.2 Å². The van der Waals surface area contributed by atoms with E-state index in [0.717, 1.165) is 25.7 Å². The fourth-order valence-electron chi connectivity index (χ4n) is 3.26. The first-order valence-corrected chi connectivity index (χ1v) is 10.7. The normalized spacial score (nSPS) is 17.3. The van der Waals surface area contributed by atoms with Crippen molar-refractivity contribution in [1.82, 2.24) is 13.9 Å². The van der Waals surface area contributed by atoms with E-state index in [1.807, 2.05) is 0 Å². The van der Waals surface area contributed by atoms with Gasteiger partial charge >= 0.3 is 0 Å². The van der Waals surface area contributed by atoms with Gasteiger partial charge in [0.25, 0.3) is 0 Å². The van der Waals surface area contributed by atoms with E-state index in [1.165, 1.54) is 0 Å². The third-order valence-corrected chi connectivity index (χ3v) is 7.03. The van der Waals surface area contributed by atoms with Gasteiger partial charge in [-0.25, -0.2) is 13.4 Å². The van der Waals surface area contributed by atoms with Crippen molar-refractivity contribution >= 4 is 21.6 Å². The first kappa shape index (κ1) is 19.6. The number of hydrogen-bond acceptors (Lipinski definition) is 4. The maximum atomic E-state index is 13.1. The van der Waals surface area contributed by atoms with Crippen LogP contribution < -0.4 is 5.32 Å². The summed E-state index contributed by atoms with van der Waals surface area (Å²) < 4.78 is 29.5. The monoisotopic (exact) mass is 390 g/mol. The van der Waals surface area contributed by atoms with E-state index in [-0.39, 0.29) is 10.8 Å². The van der Waals surface area contributed by atoms with Crippen molar-refractivity contribution in [3.63, 3.8) is 0 Å². The lowest BCUT2D eigenvalue weighted by Crippen LogP contribution is -2.32. The smallest absolute Gasteiger partial charge is 0.247 e. The molecule has 1 fully saturated rings. The molecule has 7 nitrogen and oxygen atoms in total. The van der Waals surface area contributed by atoms with Crippen molar-refractivity contribution in [1.29, 1.82) is 0 Å². The van der Waals surface area contributed by atoms with E-state index < -0.39 is 16.1 Å². The van der Waals surface area contributed by atoms with Crippen LogP contribution in [0.2, 0.25) is 0 Å². The minimum Gasteiger partial charge on any atom is -0.325 e. The molecule has 1 N–H and O–H groups in total. The van der Waals surface area contributed by atoms with Crippen LogP contribution in [0.25, 0.3) is 0 Å². The largest absolute Gasteiger partial charge is 0.325 e. The lowest BCUT2D eigenvalue weighted by atomic mass is 10.2. The molecule has 0 saturated carbocycles. The van der Waals surface area contributed by atoms with Gasteiger partial charge in [-0.05, 0) is 44.4 Å². The quantitative estimate of drug-likeness (QED) is 0.851. The van der Waals surface area contributed by atoms with Gasteiger partial charge in [0, 0.05) is 31.2 Å². The van der Waals surface area contributed by atoms with E-state index in [2.05, 4.69) is 10.3 Å². The van der Waals surface area contributed by atoms with Gasteiger partial charge < -0.3 is 9.88 Å². The van der Waals surface area contributed by atoms with Crippen LogP contribution in [0.4, 0.5) is 5.69 Å². The molecule has 146 valence electrons. The highest BCUT2D eigenvalue weighted by Crippen LogP contribution is 2.26. The van der Waals surface area contributed by atoms with Gasteiger partial charge in [-0.1, -0.05) is 18.9 Å². The SMILES string of the molecule is Cc1ccc(NC(=O)C(C)n2ccnc2)cc1S(=O)(=O)N1CCCCCC1. The molecule has 0 aliphatic carbocycles. The standard InChI is InChI=1S/C19H26N4O3S/c1-15-7-8-17(21-19(24)16(2)22-12-9-20-14-22)13-18(15)27(25,26)23-10-5-3-4-6-11-23/h7-9,12-14,16H,3-6,10-11H2,1-2H3,(H,21,24). The second-order valence-corrected chi connectivity index (χ2v) is 8.88. The van der Waals surface area contributed by atoms with Gasteiger partial charge in [0.05, 0.1) is 11.2 Å². The number of benzene rings is 1. The summed E-state index contributed by atoms with van der Waals surface area (Å²) in [4.78, 5) is 16.7. The van der Waals surface area contributed by atoms with Gasteiger partial charge in [-0.2, -0.15) is 4.31 Å². The second kappa shape index (κ2) is 8.22. The van der Waals surface area contributed by atoms with Crippen molar-refractivity contribution in [3.05, 3.63) is 42.5 Å². The van der Waals surface area contributed by atoms with Gasteiger partial charge in [0.2, 0.25) is 15.9 Å². The predicted octanol–water partition coefficient (Wildman–Crippen LogP) is 2.96. The first-order chi connectivity index (χ1) is 12.9. The minimum absolute atomic E-state index is 0.227. The number of sulfonamides is 1. The van der Waals surface area contributed by atoms with Crippen molar-refractivity contribution in [2.45, 2.75) is 50.5 Å². The number of imidazole rings is 1. The van der Waals surface area contributed by atoms with Crippen molar-refractivity contribution in [3.8, 4) is 0 Å². The number of aromatic nitrogens is 2. The van der Waals surface area contributed by atoms with Crippen LogP contribution in [0.5, 0.6) is 0 Å². The fraction of sp³-hybridized carbons (Fsp3) is 0.474. The number of aryl methyl sites for hydroxylation is 1. The Hall–Kier alpha value is -2.19. The molecule has 27 heavy (non-hydrogen) atoms. The summed E-state index contributed by atoms with van der Waals surface area (Å²) in [5, 5.41) is 2.81. The fourth-order valence-corrected chi connectivity index (χ4v) is 5.03. The predicted molar refractivity (Wildman–Crippen MR) is 104 cm³/mol. The number of hydrogen-bond donors (Lipinski definition) is 1. The molecule has 1 aliphatic rings. The molecule has 1 aromatic heterocycles. The molecule has 0 bridgehead atoms. The molecule has 1 aliphatic heterocycles. The van der Waals surface area contributed by atoms with Crippen molar-refractivity contribution in [2.24, 2.45) is 0 Å². The zero-order chi connectivity index (χ0) is 19.4. The molecular weight excluding hydrogens is 364 g/mol. The van der Waals surface area contributed by atoms with Crippen molar-refractivity contribution < 1.29 is 13.2 Å². The molecule has 8 heteroatoms. The van der Waals surface area contributed by atoms with Crippen LogP contribution in [-0.2, 0) is 14.8 Å². The molecule has 0 radical (unpaired) electrons. The van der Waals surface area contributed by atoms with E-state index in [9.17, 15) is 13.2 Å². The molecular formula is C19H26N4O3S. The number of carbonyl (C=O) groups is 1. The molecule has 2 heterocycles. The number of nitrogens with zero attached hydrogens (tertiary/aromatic N) is 3. The van der Waals surface area contributed by atoms with Gasteiger partial charge in [0.1, 0.15) is 6.04 Å². The molecule has 1 saturated heterocycles. The average molecular weight is 391 g/mol. The third kappa shape index (κ3) is 4.39. The van der Waals surface area contributed by atoms with E-state index in [4.69, 9.17) is 0 Å². The highest BCUT2D eigenvalue weighted by molar-refractivity contribution is 7.89. The summed E-state index contributed by atoms with van der Waals surface area (Å²) in [5.41, 5.74) is 1.16. The second-order valence-electron chi connectivity index (χ2n) is 6.97. The minimum atomic E-state index is -3.57. The Morgan fingerprint density at radius 1 is 1.19 bits per heavy atom. The Bertz CT molecular complexity index is 886. The third-order valence-electron chi connectivity index (χ3n) is 4.99. The highest BCUT2D eigenvalue weighted by Gasteiger charge is 2.27. The Morgan fingerprint density at radius 3 is 2.52 bits per heavy atom. The van der Waals surface area contributed by atoms with Crippen LogP contribution in [0.15, 0.2) is 41.8 Å². The zero-order valence-corrected chi connectivity index (χ0v) is 16.6. The van der Waals surface area contributed by atoms with E-state index in [0.29, 0.717) is 24.3 Å². The van der Waals surface area contributed by atoms with E-state index >= 15 is 0 Å². The molecule has 1 atom stereocenters. The summed E-state index contributed by atoms with van der Waals surface area (Å²) in [7, 11) is -3.57. The summed E-state index contributed by atoms with van der Waals surface area (Å²) in [5.74, 6) is -0.227. The lowest BCUT2D eigenvalue weighted by molar-refractivity contribution is -0.118. The summed E-state index contributed by atoms with van der Waals surface area (Å²) in [6.45, 7) is 4.65. The Balaban J connectivity index is 1.82. The van der Waals surface area contributed by atoms with Crippen LogP contribution in [0, 0.1) is 6.92 Å². The number of amides is 1. The molecule has 2 aromatic rings.